The first-order valence-corrected chi connectivity index (χ1v) is 5.79. The summed E-state index contributed by atoms with van der Waals surface area (Å²) in [7, 11) is 0. The summed E-state index contributed by atoms with van der Waals surface area (Å²) in [5.74, 6) is -0.548. The third kappa shape index (κ3) is 4.54. The highest BCUT2D eigenvalue weighted by Gasteiger charge is 2.17. The van der Waals surface area contributed by atoms with Crippen molar-refractivity contribution >= 4 is 11.8 Å². The standard InChI is InChI=1S/C11H19N5O2/c1-7(2)10(12)11(18)14-6-9(17)13-5-8-3-4-15-16-8/h3-4,7,10H,5-6,12H2,1-2H3,(H,13,17)(H,14,18)(H,15,16)/t10-/m0/s1. The van der Waals surface area contributed by atoms with Crippen molar-refractivity contribution in [2.45, 2.75) is 26.4 Å². The van der Waals surface area contributed by atoms with Gasteiger partial charge in [-0.15, -0.1) is 0 Å². The quantitative estimate of drug-likeness (QED) is 0.527. The highest BCUT2D eigenvalue weighted by atomic mass is 16.2. The molecule has 1 heterocycles. The second-order valence-electron chi connectivity index (χ2n) is 4.35. The van der Waals surface area contributed by atoms with E-state index in [0.29, 0.717) is 6.54 Å². The molecule has 0 saturated carbocycles. The lowest BCUT2D eigenvalue weighted by atomic mass is 10.1. The largest absolute Gasteiger partial charge is 0.349 e. The van der Waals surface area contributed by atoms with Crippen molar-refractivity contribution in [1.82, 2.24) is 20.8 Å². The van der Waals surface area contributed by atoms with Gasteiger partial charge in [-0.2, -0.15) is 5.10 Å². The van der Waals surface area contributed by atoms with Gasteiger partial charge in [0.15, 0.2) is 0 Å². The van der Waals surface area contributed by atoms with Crippen LogP contribution in [0.4, 0.5) is 0 Å². The fourth-order valence-corrected chi connectivity index (χ4v) is 1.23. The number of nitrogens with zero attached hydrogens (tertiary/aromatic N) is 1. The number of nitrogens with one attached hydrogen (secondary N) is 3. The summed E-state index contributed by atoms with van der Waals surface area (Å²) in [6.07, 6.45) is 1.60. The summed E-state index contributed by atoms with van der Waals surface area (Å²) in [6, 6.07) is 1.17. The number of H-pyrrole nitrogens is 1. The van der Waals surface area contributed by atoms with Gasteiger partial charge in [0.05, 0.1) is 24.8 Å². The van der Waals surface area contributed by atoms with Crippen molar-refractivity contribution in [3.05, 3.63) is 18.0 Å². The van der Waals surface area contributed by atoms with Crippen LogP contribution in [0, 0.1) is 5.92 Å². The Balaban J connectivity index is 2.23. The first-order valence-electron chi connectivity index (χ1n) is 5.79. The highest BCUT2D eigenvalue weighted by molar-refractivity contribution is 5.87. The summed E-state index contributed by atoms with van der Waals surface area (Å²) >= 11 is 0. The second-order valence-corrected chi connectivity index (χ2v) is 4.35. The molecule has 1 atom stereocenters. The van der Waals surface area contributed by atoms with E-state index in [-0.39, 0.29) is 24.3 Å². The van der Waals surface area contributed by atoms with E-state index >= 15 is 0 Å². The lowest BCUT2D eigenvalue weighted by Gasteiger charge is -2.15. The molecule has 2 amide bonds. The molecule has 0 aliphatic carbocycles. The SMILES string of the molecule is CC(C)[C@H](N)C(=O)NCC(=O)NCc1ccn[nH]1. The topological polar surface area (TPSA) is 113 Å². The van der Waals surface area contributed by atoms with Crippen LogP contribution in [-0.4, -0.2) is 34.6 Å². The number of rotatable bonds is 6. The molecule has 7 nitrogen and oxygen atoms in total. The molecule has 100 valence electrons. The Morgan fingerprint density at radius 1 is 1.44 bits per heavy atom. The Hall–Kier alpha value is -1.89. The fourth-order valence-electron chi connectivity index (χ4n) is 1.23. The zero-order valence-corrected chi connectivity index (χ0v) is 10.6. The van der Waals surface area contributed by atoms with Gasteiger partial charge in [0.25, 0.3) is 0 Å². The van der Waals surface area contributed by atoms with E-state index in [2.05, 4.69) is 20.8 Å². The van der Waals surface area contributed by atoms with Crippen molar-refractivity contribution in [3.8, 4) is 0 Å². The maximum atomic E-state index is 11.5. The van der Waals surface area contributed by atoms with E-state index in [1.807, 2.05) is 13.8 Å². The average molecular weight is 253 g/mol. The lowest BCUT2D eigenvalue weighted by Crippen LogP contribution is -2.47. The summed E-state index contributed by atoms with van der Waals surface area (Å²) < 4.78 is 0. The van der Waals surface area contributed by atoms with Crippen LogP contribution in [0.2, 0.25) is 0 Å². The first kappa shape index (κ1) is 14.2. The molecular weight excluding hydrogens is 234 g/mol. The van der Waals surface area contributed by atoms with Crippen molar-refractivity contribution < 1.29 is 9.59 Å². The van der Waals surface area contributed by atoms with Crippen LogP contribution in [0.5, 0.6) is 0 Å². The summed E-state index contributed by atoms with van der Waals surface area (Å²) in [5.41, 5.74) is 6.44. The molecule has 0 aliphatic rings. The molecular formula is C11H19N5O2. The third-order valence-corrected chi connectivity index (χ3v) is 2.48. The van der Waals surface area contributed by atoms with E-state index in [0.717, 1.165) is 5.69 Å². The van der Waals surface area contributed by atoms with E-state index in [4.69, 9.17) is 5.73 Å². The van der Waals surface area contributed by atoms with Gasteiger partial charge in [-0.05, 0) is 12.0 Å². The summed E-state index contributed by atoms with van der Waals surface area (Å²) in [5, 5.41) is 11.6. The third-order valence-electron chi connectivity index (χ3n) is 2.48. The Bertz CT molecular complexity index is 388. The van der Waals surface area contributed by atoms with Gasteiger partial charge in [-0.25, -0.2) is 0 Å². The maximum Gasteiger partial charge on any atom is 0.239 e. The molecule has 0 unspecified atom stereocenters. The molecule has 0 aromatic carbocycles. The molecule has 1 aromatic heterocycles. The van der Waals surface area contributed by atoms with E-state index < -0.39 is 6.04 Å². The van der Waals surface area contributed by atoms with Crippen LogP contribution < -0.4 is 16.4 Å². The van der Waals surface area contributed by atoms with E-state index in [9.17, 15) is 9.59 Å². The van der Waals surface area contributed by atoms with Gasteiger partial charge in [0.1, 0.15) is 0 Å². The summed E-state index contributed by atoms with van der Waals surface area (Å²) in [6.45, 7) is 3.98. The van der Waals surface area contributed by atoms with Gasteiger partial charge in [-0.3, -0.25) is 14.7 Å². The van der Waals surface area contributed by atoms with Crippen LogP contribution in [0.3, 0.4) is 0 Å². The average Bonchev–Trinajstić information content (AvgIpc) is 2.85. The molecule has 1 rings (SSSR count). The van der Waals surface area contributed by atoms with Crippen LogP contribution in [0.25, 0.3) is 0 Å². The number of carbonyl (C=O) groups is 2. The van der Waals surface area contributed by atoms with Gasteiger partial charge in [0.2, 0.25) is 11.8 Å². The molecule has 5 N–H and O–H groups in total. The number of amides is 2. The number of hydrogen-bond acceptors (Lipinski definition) is 4. The molecule has 1 aromatic rings. The van der Waals surface area contributed by atoms with Crippen LogP contribution in [0.1, 0.15) is 19.5 Å². The van der Waals surface area contributed by atoms with Crippen molar-refractivity contribution in [1.29, 1.82) is 0 Å². The zero-order valence-electron chi connectivity index (χ0n) is 10.6. The van der Waals surface area contributed by atoms with Crippen LogP contribution in [0.15, 0.2) is 12.3 Å². The Morgan fingerprint density at radius 3 is 2.72 bits per heavy atom. The Morgan fingerprint density at radius 2 is 2.17 bits per heavy atom. The number of hydrogen-bond donors (Lipinski definition) is 4. The maximum absolute atomic E-state index is 11.5. The molecule has 0 aliphatic heterocycles. The Kier molecular flexibility index (Phi) is 5.31. The zero-order chi connectivity index (χ0) is 13.5. The van der Waals surface area contributed by atoms with Crippen LogP contribution in [-0.2, 0) is 16.1 Å². The van der Waals surface area contributed by atoms with Gasteiger partial charge < -0.3 is 16.4 Å². The lowest BCUT2D eigenvalue weighted by molar-refractivity contribution is -0.127. The first-order chi connectivity index (χ1) is 8.50. The minimum Gasteiger partial charge on any atom is -0.349 e. The molecule has 0 bridgehead atoms. The molecule has 0 radical (unpaired) electrons. The highest BCUT2D eigenvalue weighted by Crippen LogP contribution is 1.97. The van der Waals surface area contributed by atoms with Crippen molar-refractivity contribution in [3.63, 3.8) is 0 Å². The smallest absolute Gasteiger partial charge is 0.239 e. The van der Waals surface area contributed by atoms with E-state index in [1.54, 1.807) is 12.3 Å². The molecule has 18 heavy (non-hydrogen) atoms. The predicted octanol–water partition coefficient (Wildman–Crippen LogP) is -0.875. The van der Waals surface area contributed by atoms with E-state index in [1.165, 1.54) is 0 Å². The predicted molar refractivity (Wildman–Crippen MR) is 66.3 cm³/mol. The van der Waals surface area contributed by atoms with Gasteiger partial charge in [0, 0.05) is 6.20 Å². The molecule has 0 spiro atoms. The number of aromatic amines is 1. The molecule has 0 fully saturated rings. The van der Waals surface area contributed by atoms with Crippen molar-refractivity contribution in [2.75, 3.05) is 6.54 Å². The monoisotopic (exact) mass is 253 g/mol. The number of nitrogens with two attached hydrogens (primary N) is 1. The van der Waals surface area contributed by atoms with Gasteiger partial charge >= 0.3 is 0 Å². The molecule has 7 heteroatoms. The number of carbonyl (C=O) groups excluding carboxylic acids is 2. The van der Waals surface area contributed by atoms with Crippen molar-refractivity contribution in [2.24, 2.45) is 11.7 Å². The minimum atomic E-state index is -0.592. The normalized spacial score (nSPS) is 12.2. The molecule has 0 saturated heterocycles. The van der Waals surface area contributed by atoms with Gasteiger partial charge in [-0.1, -0.05) is 13.8 Å². The fraction of sp³-hybridized carbons (Fsp3) is 0.545. The second kappa shape index (κ2) is 6.75. The van der Waals surface area contributed by atoms with Crippen LogP contribution >= 0.6 is 0 Å². The summed E-state index contributed by atoms with van der Waals surface area (Å²) in [4.78, 5) is 22.9. The number of aromatic nitrogens is 2. The Labute approximate surface area is 106 Å². The minimum absolute atomic E-state index is 0.0399.